The van der Waals surface area contributed by atoms with Gasteiger partial charge in [0.05, 0.1) is 0 Å². The summed E-state index contributed by atoms with van der Waals surface area (Å²) in [5.41, 5.74) is 0.434. The van der Waals surface area contributed by atoms with Crippen molar-refractivity contribution in [2.45, 2.75) is 52.5 Å². The maximum atomic E-state index is 14.9. The quantitative estimate of drug-likeness (QED) is 0.746. The second-order valence-corrected chi connectivity index (χ2v) is 5.55. The van der Waals surface area contributed by atoms with E-state index >= 15 is 0 Å². The first-order valence-corrected chi connectivity index (χ1v) is 7.35. The van der Waals surface area contributed by atoms with E-state index in [-0.39, 0.29) is 23.5 Å². The van der Waals surface area contributed by atoms with Crippen molar-refractivity contribution in [1.29, 1.82) is 0 Å². The minimum absolute atomic E-state index is 0.0427. The van der Waals surface area contributed by atoms with Crippen molar-refractivity contribution in [2.75, 3.05) is 0 Å². The summed E-state index contributed by atoms with van der Waals surface area (Å²) in [7, 11) is 0. The molecule has 108 valence electrons. The van der Waals surface area contributed by atoms with Gasteiger partial charge in [-0.05, 0) is 30.2 Å². The number of nitrogens with zero attached hydrogens (tertiary/aromatic N) is 1. The first-order chi connectivity index (χ1) is 9.52. The summed E-state index contributed by atoms with van der Waals surface area (Å²) in [5.74, 6) is -0.321. The molecule has 20 heavy (non-hydrogen) atoms. The summed E-state index contributed by atoms with van der Waals surface area (Å²) >= 11 is 0. The average molecular weight is 275 g/mol. The van der Waals surface area contributed by atoms with Crippen LogP contribution in [0.25, 0.3) is 10.8 Å². The Morgan fingerprint density at radius 3 is 2.15 bits per heavy atom. The maximum Gasteiger partial charge on any atom is 0.260 e. The minimum Gasteiger partial charge on any atom is -0.281 e. The molecule has 0 aliphatic carbocycles. The Morgan fingerprint density at radius 1 is 1.10 bits per heavy atom. The topological polar surface area (TPSA) is 22.0 Å². The van der Waals surface area contributed by atoms with Gasteiger partial charge in [0.25, 0.3) is 5.56 Å². The predicted octanol–water partition coefficient (Wildman–Crippen LogP) is 4.63. The normalized spacial score (nSPS) is 11.8. The molecule has 3 heteroatoms. The van der Waals surface area contributed by atoms with Gasteiger partial charge in [0.1, 0.15) is 0 Å². The summed E-state index contributed by atoms with van der Waals surface area (Å²) in [4.78, 5) is 12.6. The number of halogens is 1. The molecule has 0 saturated carbocycles. The van der Waals surface area contributed by atoms with E-state index in [1.165, 1.54) is 4.57 Å². The molecule has 0 radical (unpaired) electrons. The number of rotatable bonds is 4. The Balaban J connectivity index is 2.93. The van der Waals surface area contributed by atoms with E-state index in [1.54, 1.807) is 6.07 Å². The molecule has 0 aliphatic heterocycles. The van der Waals surface area contributed by atoms with Crippen LogP contribution in [0.1, 0.15) is 58.1 Å². The Morgan fingerprint density at radius 2 is 1.65 bits per heavy atom. The second-order valence-electron chi connectivity index (χ2n) is 5.55. The van der Waals surface area contributed by atoms with Crippen LogP contribution in [0.4, 0.5) is 4.39 Å². The first-order valence-electron chi connectivity index (χ1n) is 7.35. The number of aromatic nitrogens is 1. The fourth-order valence-corrected chi connectivity index (χ4v) is 2.89. The van der Waals surface area contributed by atoms with Gasteiger partial charge in [0.2, 0.25) is 5.95 Å². The Kier molecular flexibility index (Phi) is 4.26. The minimum atomic E-state index is -0.364. The number of hydrogen-bond donors (Lipinski definition) is 0. The zero-order chi connectivity index (χ0) is 14.9. The smallest absolute Gasteiger partial charge is 0.260 e. The van der Waals surface area contributed by atoms with Crippen molar-refractivity contribution >= 4 is 10.8 Å². The summed E-state index contributed by atoms with van der Waals surface area (Å²) in [5, 5.41) is 1.36. The molecule has 0 aliphatic rings. The zero-order valence-corrected chi connectivity index (χ0v) is 12.6. The van der Waals surface area contributed by atoms with Gasteiger partial charge in [-0.2, -0.15) is 4.39 Å². The van der Waals surface area contributed by atoms with Crippen LogP contribution in [0, 0.1) is 5.95 Å². The molecule has 2 aromatic rings. The lowest BCUT2D eigenvalue weighted by Crippen LogP contribution is -2.29. The largest absolute Gasteiger partial charge is 0.281 e. The van der Waals surface area contributed by atoms with Crippen LogP contribution in [-0.2, 0) is 0 Å². The molecule has 0 spiro atoms. The molecule has 2 nitrogen and oxygen atoms in total. The summed E-state index contributed by atoms with van der Waals surface area (Å²) in [6.45, 7) is 7.91. The van der Waals surface area contributed by atoms with E-state index in [9.17, 15) is 9.18 Å². The average Bonchev–Trinajstić information content (AvgIpc) is 2.43. The van der Waals surface area contributed by atoms with Gasteiger partial charge in [-0.15, -0.1) is 0 Å². The van der Waals surface area contributed by atoms with Crippen LogP contribution in [0.15, 0.2) is 29.1 Å². The third kappa shape index (κ3) is 2.26. The Bertz CT molecular complexity index is 668. The molecule has 1 aromatic heterocycles. The molecule has 1 aromatic carbocycles. The Labute approximate surface area is 119 Å². The fraction of sp³-hybridized carbons (Fsp3) is 0.471. The van der Waals surface area contributed by atoms with Gasteiger partial charge in [-0.25, -0.2) is 0 Å². The van der Waals surface area contributed by atoms with Gasteiger partial charge >= 0.3 is 0 Å². The van der Waals surface area contributed by atoms with E-state index in [2.05, 4.69) is 0 Å². The molecular formula is C17H22FNO. The molecule has 0 fully saturated rings. The molecule has 0 unspecified atom stereocenters. The molecule has 2 rings (SSSR count). The van der Waals surface area contributed by atoms with Crippen LogP contribution in [0.2, 0.25) is 0 Å². The van der Waals surface area contributed by atoms with Crippen molar-refractivity contribution in [3.8, 4) is 0 Å². The number of fused-ring (bicyclic) bond motifs is 1. The van der Waals surface area contributed by atoms with E-state index in [1.807, 2.05) is 45.9 Å². The lowest BCUT2D eigenvalue weighted by atomic mass is 9.97. The van der Waals surface area contributed by atoms with Crippen molar-refractivity contribution < 1.29 is 4.39 Å². The highest BCUT2D eigenvalue weighted by molar-refractivity contribution is 5.85. The second kappa shape index (κ2) is 5.78. The highest BCUT2D eigenvalue weighted by atomic mass is 19.1. The van der Waals surface area contributed by atoms with E-state index < -0.39 is 0 Å². The third-order valence-corrected chi connectivity index (χ3v) is 3.99. The van der Waals surface area contributed by atoms with Crippen molar-refractivity contribution in [1.82, 2.24) is 4.57 Å². The number of benzene rings is 1. The van der Waals surface area contributed by atoms with Crippen LogP contribution in [0.5, 0.6) is 0 Å². The number of hydrogen-bond acceptors (Lipinski definition) is 1. The van der Waals surface area contributed by atoms with Crippen molar-refractivity contribution in [2.24, 2.45) is 0 Å². The van der Waals surface area contributed by atoms with Crippen molar-refractivity contribution in [3.63, 3.8) is 0 Å². The van der Waals surface area contributed by atoms with Gasteiger partial charge in [0, 0.05) is 17.0 Å². The monoisotopic (exact) mass is 275 g/mol. The molecule has 0 N–H and O–H groups in total. The molecule has 0 amide bonds. The standard InChI is InChI=1S/C17H22FNO/c1-5-12(6-2)19-16(18)15(11(3)4)13-9-7-8-10-14(13)17(19)20/h7-12H,5-6H2,1-4H3. The third-order valence-electron chi connectivity index (χ3n) is 3.99. The molecule has 0 bridgehead atoms. The van der Waals surface area contributed by atoms with Crippen LogP contribution >= 0.6 is 0 Å². The molecule has 1 heterocycles. The summed E-state index contributed by atoms with van der Waals surface area (Å²) in [6.07, 6.45) is 1.51. The van der Waals surface area contributed by atoms with Gasteiger partial charge in [-0.1, -0.05) is 45.9 Å². The predicted molar refractivity (Wildman–Crippen MR) is 81.9 cm³/mol. The van der Waals surface area contributed by atoms with Crippen LogP contribution in [0.3, 0.4) is 0 Å². The Hall–Kier alpha value is -1.64. The highest BCUT2D eigenvalue weighted by Gasteiger charge is 2.21. The zero-order valence-electron chi connectivity index (χ0n) is 12.6. The first kappa shape index (κ1) is 14.8. The molecular weight excluding hydrogens is 253 g/mol. The number of pyridine rings is 1. The van der Waals surface area contributed by atoms with Crippen LogP contribution in [-0.4, -0.2) is 4.57 Å². The van der Waals surface area contributed by atoms with Gasteiger partial charge < -0.3 is 0 Å². The maximum absolute atomic E-state index is 14.9. The van der Waals surface area contributed by atoms with E-state index in [4.69, 9.17) is 0 Å². The summed E-state index contributed by atoms with van der Waals surface area (Å²) in [6, 6.07) is 7.25. The van der Waals surface area contributed by atoms with Crippen molar-refractivity contribution in [3.05, 3.63) is 46.1 Å². The highest BCUT2D eigenvalue weighted by Crippen LogP contribution is 2.28. The fourth-order valence-electron chi connectivity index (χ4n) is 2.89. The molecule has 0 saturated heterocycles. The van der Waals surface area contributed by atoms with Gasteiger partial charge in [0.15, 0.2) is 0 Å². The lowest BCUT2D eigenvalue weighted by Gasteiger charge is -2.22. The molecule has 0 atom stereocenters. The lowest BCUT2D eigenvalue weighted by molar-refractivity contribution is 0.374. The van der Waals surface area contributed by atoms with E-state index in [0.717, 1.165) is 18.2 Å². The van der Waals surface area contributed by atoms with E-state index in [0.29, 0.717) is 10.9 Å². The summed E-state index contributed by atoms with van der Waals surface area (Å²) < 4.78 is 16.3. The SMILES string of the molecule is CCC(CC)n1c(F)c(C(C)C)c2ccccc2c1=O. The van der Waals surface area contributed by atoms with Crippen LogP contribution < -0.4 is 5.56 Å². The van der Waals surface area contributed by atoms with Gasteiger partial charge in [-0.3, -0.25) is 9.36 Å².